The Morgan fingerprint density at radius 1 is 1.44 bits per heavy atom. The molecular formula is C13H19N3O2. The number of hydrogen-bond acceptors (Lipinski definition) is 4. The van der Waals surface area contributed by atoms with Gasteiger partial charge in [0.1, 0.15) is 5.65 Å². The number of aromatic nitrogens is 2. The van der Waals surface area contributed by atoms with Gasteiger partial charge in [-0.25, -0.2) is 4.98 Å². The van der Waals surface area contributed by atoms with E-state index in [1.54, 1.807) is 7.11 Å². The average molecular weight is 249 g/mol. The van der Waals surface area contributed by atoms with Crippen molar-refractivity contribution in [1.29, 1.82) is 0 Å². The van der Waals surface area contributed by atoms with Gasteiger partial charge in [0.2, 0.25) is 0 Å². The van der Waals surface area contributed by atoms with E-state index in [1.807, 2.05) is 28.8 Å². The van der Waals surface area contributed by atoms with Crippen LogP contribution in [0.1, 0.15) is 12.6 Å². The second-order valence-corrected chi connectivity index (χ2v) is 4.04. The van der Waals surface area contributed by atoms with Gasteiger partial charge in [0.25, 0.3) is 0 Å². The Kier molecular flexibility index (Phi) is 4.17. The van der Waals surface area contributed by atoms with Crippen LogP contribution in [0.2, 0.25) is 0 Å². The number of aliphatic hydroxyl groups excluding tert-OH is 1. The van der Waals surface area contributed by atoms with Crippen molar-refractivity contribution in [2.24, 2.45) is 0 Å². The van der Waals surface area contributed by atoms with Gasteiger partial charge >= 0.3 is 0 Å². The molecule has 0 aliphatic heterocycles. The normalized spacial score (nSPS) is 11.1. The molecule has 0 radical (unpaired) electrons. The second kappa shape index (κ2) is 5.84. The molecule has 98 valence electrons. The third-order valence-corrected chi connectivity index (χ3v) is 3.00. The van der Waals surface area contributed by atoms with E-state index < -0.39 is 0 Å². The minimum absolute atomic E-state index is 0.0238. The molecule has 5 heteroatoms. The molecule has 0 amide bonds. The topological polar surface area (TPSA) is 50.0 Å². The van der Waals surface area contributed by atoms with Gasteiger partial charge in [-0.3, -0.25) is 4.40 Å². The van der Waals surface area contributed by atoms with Gasteiger partial charge in [0.05, 0.1) is 18.9 Å². The summed E-state index contributed by atoms with van der Waals surface area (Å²) >= 11 is 0. The molecule has 2 aromatic heterocycles. The number of fused-ring (bicyclic) bond motifs is 1. The van der Waals surface area contributed by atoms with E-state index in [0.717, 1.165) is 30.2 Å². The van der Waals surface area contributed by atoms with E-state index >= 15 is 0 Å². The predicted molar refractivity (Wildman–Crippen MR) is 70.9 cm³/mol. The average Bonchev–Trinajstić information content (AvgIpc) is 2.78. The third kappa shape index (κ3) is 2.32. The van der Waals surface area contributed by atoms with Crippen molar-refractivity contribution in [1.82, 2.24) is 9.38 Å². The lowest BCUT2D eigenvalue weighted by molar-refractivity contribution is 0.205. The fourth-order valence-electron chi connectivity index (χ4n) is 2.05. The van der Waals surface area contributed by atoms with Crippen molar-refractivity contribution >= 4 is 11.5 Å². The van der Waals surface area contributed by atoms with Gasteiger partial charge in [-0.2, -0.15) is 0 Å². The van der Waals surface area contributed by atoms with Crippen LogP contribution in [0.5, 0.6) is 0 Å². The lowest BCUT2D eigenvalue weighted by Gasteiger charge is -2.21. The van der Waals surface area contributed by atoms with Crippen LogP contribution in [0.25, 0.3) is 5.65 Å². The van der Waals surface area contributed by atoms with E-state index in [2.05, 4.69) is 16.8 Å². The molecule has 0 spiro atoms. The number of aliphatic hydroxyl groups is 1. The molecule has 0 aliphatic carbocycles. The number of likely N-dealkylation sites (N-methyl/N-ethyl adjacent to an activating group) is 1. The van der Waals surface area contributed by atoms with E-state index in [9.17, 15) is 5.11 Å². The highest BCUT2D eigenvalue weighted by atomic mass is 16.5. The quantitative estimate of drug-likeness (QED) is 0.838. The molecule has 2 aromatic rings. The summed E-state index contributed by atoms with van der Waals surface area (Å²) in [6.45, 7) is 4.29. The Bertz CT molecular complexity index is 510. The van der Waals surface area contributed by atoms with Gasteiger partial charge < -0.3 is 14.7 Å². The highest BCUT2D eigenvalue weighted by molar-refractivity contribution is 5.55. The van der Waals surface area contributed by atoms with Crippen molar-refractivity contribution in [3.8, 4) is 0 Å². The number of pyridine rings is 1. The number of anilines is 1. The largest absolute Gasteiger partial charge is 0.390 e. The highest BCUT2D eigenvalue weighted by Gasteiger charge is 2.16. The number of methoxy groups -OCH3 is 1. The Morgan fingerprint density at radius 2 is 2.28 bits per heavy atom. The minimum atomic E-state index is -0.0238. The Morgan fingerprint density at radius 3 is 2.94 bits per heavy atom. The van der Waals surface area contributed by atoms with Crippen molar-refractivity contribution < 1.29 is 9.84 Å². The fraction of sp³-hybridized carbons (Fsp3) is 0.462. The molecule has 5 nitrogen and oxygen atoms in total. The molecule has 18 heavy (non-hydrogen) atoms. The predicted octanol–water partition coefficient (Wildman–Crippen LogP) is 1.30. The smallest absolute Gasteiger partial charge is 0.153 e. The lowest BCUT2D eigenvalue weighted by Crippen LogP contribution is -2.28. The highest BCUT2D eigenvalue weighted by Crippen LogP contribution is 2.21. The summed E-state index contributed by atoms with van der Waals surface area (Å²) in [5, 5.41) is 9.56. The molecule has 0 saturated carbocycles. The van der Waals surface area contributed by atoms with Crippen molar-refractivity contribution in [2.75, 3.05) is 31.7 Å². The fourth-order valence-corrected chi connectivity index (χ4v) is 2.05. The zero-order chi connectivity index (χ0) is 13.0. The SMILES string of the molecule is CCN(CCOC)c1nc2ccccn2c1CO. The van der Waals surface area contributed by atoms with E-state index in [0.29, 0.717) is 6.61 Å². The number of imidazole rings is 1. The van der Waals surface area contributed by atoms with Crippen LogP contribution in [0, 0.1) is 0 Å². The van der Waals surface area contributed by atoms with E-state index in [1.165, 1.54) is 0 Å². The van der Waals surface area contributed by atoms with Crippen LogP contribution in [-0.4, -0.2) is 41.3 Å². The third-order valence-electron chi connectivity index (χ3n) is 3.00. The first-order chi connectivity index (χ1) is 8.81. The molecule has 0 unspecified atom stereocenters. The maximum Gasteiger partial charge on any atom is 0.153 e. The van der Waals surface area contributed by atoms with Crippen molar-refractivity contribution in [2.45, 2.75) is 13.5 Å². The van der Waals surface area contributed by atoms with Gasteiger partial charge in [-0.05, 0) is 19.1 Å². The van der Waals surface area contributed by atoms with Gasteiger partial charge in [-0.15, -0.1) is 0 Å². The zero-order valence-corrected chi connectivity index (χ0v) is 10.8. The first-order valence-electron chi connectivity index (χ1n) is 6.12. The molecule has 0 aromatic carbocycles. The van der Waals surface area contributed by atoms with Crippen LogP contribution >= 0.6 is 0 Å². The number of rotatable bonds is 6. The maximum absolute atomic E-state index is 9.56. The standard InChI is InChI=1S/C13H19N3O2/c1-3-15(8-9-18-2)13-11(10-17)16-7-5-4-6-12(16)14-13/h4-7,17H,3,8-10H2,1-2H3. The van der Waals surface area contributed by atoms with Gasteiger partial charge in [0, 0.05) is 26.4 Å². The maximum atomic E-state index is 9.56. The van der Waals surface area contributed by atoms with Crippen LogP contribution in [0.4, 0.5) is 5.82 Å². The molecule has 2 rings (SSSR count). The number of nitrogens with zero attached hydrogens (tertiary/aromatic N) is 3. The molecule has 0 bridgehead atoms. The van der Waals surface area contributed by atoms with Crippen LogP contribution < -0.4 is 4.90 Å². The summed E-state index contributed by atoms with van der Waals surface area (Å²) in [5.74, 6) is 0.836. The summed E-state index contributed by atoms with van der Waals surface area (Å²) in [6, 6.07) is 5.81. The molecular weight excluding hydrogens is 230 g/mol. The molecule has 0 saturated heterocycles. The number of ether oxygens (including phenoxy) is 1. The molecule has 2 heterocycles. The van der Waals surface area contributed by atoms with Crippen LogP contribution in [-0.2, 0) is 11.3 Å². The number of hydrogen-bond donors (Lipinski definition) is 1. The molecule has 0 fully saturated rings. The molecule has 0 aliphatic rings. The van der Waals surface area contributed by atoms with Gasteiger partial charge in [0.15, 0.2) is 5.82 Å². The summed E-state index contributed by atoms with van der Waals surface area (Å²) in [4.78, 5) is 6.69. The summed E-state index contributed by atoms with van der Waals surface area (Å²) < 4.78 is 7.03. The van der Waals surface area contributed by atoms with Crippen LogP contribution in [0.15, 0.2) is 24.4 Å². The Hall–Kier alpha value is -1.59. The Balaban J connectivity index is 2.41. The van der Waals surface area contributed by atoms with Crippen molar-refractivity contribution in [3.05, 3.63) is 30.1 Å². The van der Waals surface area contributed by atoms with E-state index in [4.69, 9.17) is 4.74 Å². The second-order valence-electron chi connectivity index (χ2n) is 4.04. The summed E-state index contributed by atoms with van der Waals surface area (Å²) in [6.07, 6.45) is 1.92. The first-order valence-corrected chi connectivity index (χ1v) is 6.12. The molecule has 1 N–H and O–H groups in total. The summed E-state index contributed by atoms with van der Waals surface area (Å²) in [5.41, 5.74) is 1.68. The Labute approximate surface area is 107 Å². The first kappa shape index (κ1) is 12.9. The van der Waals surface area contributed by atoms with Crippen LogP contribution in [0.3, 0.4) is 0 Å². The minimum Gasteiger partial charge on any atom is -0.390 e. The lowest BCUT2D eigenvalue weighted by atomic mass is 10.4. The monoisotopic (exact) mass is 249 g/mol. The van der Waals surface area contributed by atoms with Crippen molar-refractivity contribution in [3.63, 3.8) is 0 Å². The van der Waals surface area contributed by atoms with Gasteiger partial charge in [-0.1, -0.05) is 6.07 Å². The summed E-state index contributed by atoms with van der Waals surface area (Å²) in [7, 11) is 1.68. The molecule has 0 atom stereocenters. The van der Waals surface area contributed by atoms with E-state index in [-0.39, 0.29) is 6.61 Å². The zero-order valence-electron chi connectivity index (χ0n) is 10.8.